The Morgan fingerprint density at radius 1 is 1.09 bits per heavy atom. The van der Waals surface area contributed by atoms with Crippen molar-refractivity contribution in [3.63, 3.8) is 0 Å². The molecule has 2 heterocycles. The third-order valence-corrected chi connectivity index (χ3v) is 6.41. The second-order valence-corrected chi connectivity index (χ2v) is 8.88. The van der Waals surface area contributed by atoms with Crippen molar-refractivity contribution >= 4 is 40.4 Å². The van der Waals surface area contributed by atoms with Crippen LogP contribution in [0, 0.1) is 0 Å². The zero-order valence-electron chi connectivity index (χ0n) is 18.2. The zero-order chi connectivity index (χ0) is 23.2. The van der Waals surface area contributed by atoms with Gasteiger partial charge in [-0.05, 0) is 48.6 Å². The summed E-state index contributed by atoms with van der Waals surface area (Å²) in [5, 5.41) is 7.74. The molecular formula is C24H25N5O3S. The number of rotatable bonds is 7. The van der Waals surface area contributed by atoms with E-state index in [-0.39, 0.29) is 23.6 Å². The number of hydrogen-bond donors (Lipinski definition) is 2. The van der Waals surface area contributed by atoms with Crippen molar-refractivity contribution in [2.75, 3.05) is 10.2 Å². The maximum atomic E-state index is 13.7. The van der Waals surface area contributed by atoms with Gasteiger partial charge in [0.2, 0.25) is 11.8 Å². The predicted molar refractivity (Wildman–Crippen MR) is 127 cm³/mol. The molecule has 0 radical (unpaired) electrons. The Hall–Kier alpha value is -3.59. The Morgan fingerprint density at radius 3 is 2.45 bits per heavy atom. The molecule has 0 aliphatic heterocycles. The Bertz CT molecular complexity index is 1100. The number of anilines is 2. The minimum atomic E-state index is -0.869. The molecule has 2 N–H and O–H groups in total. The average molecular weight is 464 g/mol. The fraction of sp³-hybridized carbons (Fsp3) is 0.292. The first-order valence-corrected chi connectivity index (χ1v) is 11.7. The monoisotopic (exact) mass is 463 g/mol. The average Bonchev–Trinajstić information content (AvgIpc) is 3.52. The van der Waals surface area contributed by atoms with Gasteiger partial charge in [0.1, 0.15) is 5.69 Å². The second kappa shape index (κ2) is 10.4. The molecule has 1 aliphatic carbocycles. The molecule has 9 heteroatoms. The van der Waals surface area contributed by atoms with Crippen LogP contribution in [0.25, 0.3) is 0 Å². The zero-order valence-corrected chi connectivity index (χ0v) is 19.0. The van der Waals surface area contributed by atoms with Gasteiger partial charge in [-0.15, -0.1) is 11.3 Å². The summed E-state index contributed by atoms with van der Waals surface area (Å²) in [7, 11) is 0. The lowest BCUT2D eigenvalue weighted by Gasteiger charge is -2.31. The second-order valence-electron chi connectivity index (χ2n) is 7.90. The van der Waals surface area contributed by atoms with Crippen molar-refractivity contribution in [2.24, 2.45) is 0 Å². The van der Waals surface area contributed by atoms with E-state index in [9.17, 15) is 14.4 Å². The largest absolute Gasteiger partial charge is 0.351 e. The number of amides is 3. The van der Waals surface area contributed by atoms with Crippen molar-refractivity contribution in [2.45, 2.75) is 44.7 Å². The van der Waals surface area contributed by atoms with Crippen molar-refractivity contribution in [3.05, 3.63) is 70.9 Å². The normalized spacial score (nSPS) is 14.5. The highest BCUT2D eigenvalue weighted by molar-refractivity contribution is 7.10. The van der Waals surface area contributed by atoms with E-state index in [1.807, 2.05) is 17.5 Å². The van der Waals surface area contributed by atoms with Crippen LogP contribution in [-0.4, -0.2) is 33.7 Å². The minimum absolute atomic E-state index is 0.107. The molecular weight excluding hydrogens is 438 g/mol. The maximum Gasteiger partial charge on any atom is 0.279 e. The number of hydrogen-bond acceptors (Lipinski definition) is 6. The molecule has 170 valence electrons. The van der Waals surface area contributed by atoms with Crippen molar-refractivity contribution in [1.29, 1.82) is 0 Å². The van der Waals surface area contributed by atoms with Gasteiger partial charge >= 0.3 is 0 Å². The Labute approximate surface area is 196 Å². The van der Waals surface area contributed by atoms with E-state index in [1.54, 1.807) is 24.3 Å². The Kier molecular flexibility index (Phi) is 7.09. The maximum absolute atomic E-state index is 13.7. The number of carbonyl (C=O) groups is 3. The molecule has 33 heavy (non-hydrogen) atoms. The SMILES string of the molecule is CC(=O)Nc1ccc(N(C(=O)c2cnccn2)[C@@H](C(=O)NC2CCCC2)c2cccs2)cc1. The highest BCUT2D eigenvalue weighted by Crippen LogP contribution is 2.33. The van der Waals surface area contributed by atoms with Crippen LogP contribution in [-0.2, 0) is 9.59 Å². The Morgan fingerprint density at radius 2 is 1.85 bits per heavy atom. The van der Waals surface area contributed by atoms with Gasteiger partial charge in [0, 0.05) is 41.6 Å². The smallest absolute Gasteiger partial charge is 0.279 e. The van der Waals surface area contributed by atoms with Gasteiger partial charge in [0.15, 0.2) is 6.04 Å². The van der Waals surface area contributed by atoms with E-state index in [0.29, 0.717) is 11.4 Å². The topological polar surface area (TPSA) is 104 Å². The van der Waals surface area contributed by atoms with Crippen molar-refractivity contribution in [1.82, 2.24) is 15.3 Å². The molecule has 0 spiro atoms. The van der Waals surface area contributed by atoms with Gasteiger partial charge in [-0.2, -0.15) is 0 Å². The molecule has 1 aromatic carbocycles. The molecule has 4 rings (SSSR count). The van der Waals surface area contributed by atoms with Crippen LogP contribution in [0.2, 0.25) is 0 Å². The number of benzene rings is 1. The number of aromatic nitrogens is 2. The summed E-state index contributed by atoms with van der Waals surface area (Å²) < 4.78 is 0. The molecule has 2 aromatic heterocycles. The minimum Gasteiger partial charge on any atom is -0.351 e. The molecule has 3 aromatic rings. The van der Waals surface area contributed by atoms with Gasteiger partial charge in [-0.25, -0.2) is 4.98 Å². The molecule has 0 unspecified atom stereocenters. The highest BCUT2D eigenvalue weighted by atomic mass is 32.1. The predicted octanol–water partition coefficient (Wildman–Crippen LogP) is 3.94. The molecule has 0 bridgehead atoms. The third kappa shape index (κ3) is 5.43. The number of nitrogens with zero attached hydrogens (tertiary/aromatic N) is 3. The van der Waals surface area contributed by atoms with Crippen LogP contribution in [0.15, 0.2) is 60.4 Å². The summed E-state index contributed by atoms with van der Waals surface area (Å²) in [4.78, 5) is 49.0. The molecule has 3 amide bonds. The highest BCUT2D eigenvalue weighted by Gasteiger charge is 2.36. The van der Waals surface area contributed by atoms with Crippen LogP contribution < -0.4 is 15.5 Å². The van der Waals surface area contributed by atoms with Gasteiger partial charge in [0.05, 0.1) is 6.20 Å². The lowest BCUT2D eigenvalue weighted by molar-refractivity contribution is -0.123. The number of thiophene rings is 1. The van der Waals surface area contributed by atoms with Gasteiger partial charge in [0.25, 0.3) is 5.91 Å². The summed E-state index contributed by atoms with van der Waals surface area (Å²) in [6.45, 7) is 1.43. The van der Waals surface area contributed by atoms with E-state index in [4.69, 9.17) is 0 Å². The quantitative estimate of drug-likeness (QED) is 0.552. The van der Waals surface area contributed by atoms with Crippen LogP contribution in [0.1, 0.15) is 54.0 Å². The molecule has 1 atom stereocenters. The van der Waals surface area contributed by atoms with Crippen molar-refractivity contribution in [3.8, 4) is 0 Å². The lowest BCUT2D eigenvalue weighted by atomic mass is 10.1. The van der Waals surface area contributed by atoms with E-state index < -0.39 is 11.9 Å². The fourth-order valence-electron chi connectivity index (χ4n) is 4.00. The summed E-state index contributed by atoms with van der Waals surface area (Å²) in [6, 6.07) is 9.78. The fourth-order valence-corrected chi connectivity index (χ4v) is 4.81. The molecule has 0 saturated heterocycles. The standard InChI is InChI=1S/C24H25N5O3S/c1-16(30)27-18-8-10-19(11-9-18)29(24(32)20-15-25-12-13-26-20)22(21-7-4-14-33-21)23(31)28-17-5-2-3-6-17/h4,7-15,17,22H,2-3,5-6H2,1H3,(H,27,30)(H,28,31)/t22-/m1/s1. The van der Waals surface area contributed by atoms with Crippen LogP contribution in [0.4, 0.5) is 11.4 Å². The molecule has 1 fully saturated rings. The van der Waals surface area contributed by atoms with Crippen LogP contribution in [0.3, 0.4) is 0 Å². The van der Waals surface area contributed by atoms with Crippen LogP contribution in [0.5, 0.6) is 0 Å². The lowest BCUT2D eigenvalue weighted by Crippen LogP contribution is -2.46. The summed E-state index contributed by atoms with van der Waals surface area (Å²) in [5.41, 5.74) is 1.25. The first kappa shape index (κ1) is 22.6. The van der Waals surface area contributed by atoms with E-state index in [0.717, 1.165) is 30.6 Å². The number of nitrogens with one attached hydrogen (secondary N) is 2. The molecule has 1 saturated carbocycles. The Balaban J connectivity index is 1.75. The van der Waals surface area contributed by atoms with E-state index >= 15 is 0 Å². The first-order valence-electron chi connectivity index (χ1n) is 10.8. The number of carbonyl (C=O) groups excluding carboxylic acids is 3. The van der Waals surface area contributed by atoms with Crippen LogP contribution >= 0.6 is 11.3 Å². The summed E-state index contributed by atoms with van der Waals surface area (Å²) in [5.74, 6) is -0.856. The van der Waals surface area contributed by atoms with Crippen molar-refractivity contribution < 1.29 is 14.4 Å². The van der Waals surface area contributed by atoms with Gasteiger partial charge in [-0.3, -0.25) is 24.3 Å². The van der Waals surface area contributed by atoms with Gasteiger partial charge < -0.3 is 10.6 Å². The molecule has 1 aliphatic rings. The molecule has 8 nitrogen and oxygen atoms in total. The van der Waals surface area contributed by atoms with E-state index in [1.165, 1.54) is 41.8 Å². The summed E-state index contributed by atoms with van der Waals surface area (Å²) in [6.07, 6.45) is 8.38. The first-order chi connectivity index (χ1) is 16.0. The van der Waals surface area contributed by atoms with E-state index in [2.05, 4.69) is 20.6 Å². The summed E-state index contributed by atoms with van der Waals surface area (Å²) >= 11 is 1.42. The van der Waals surface area contributed by atoms with Gasteiger partial charge in [-0.1, -0.05) is 18.9 Å². The third-order valence-electron chi connectivity index (χ3n) is 5.49.